The molecule has 0 aromatic carbocycles. The lowest BCUT2D eigenvalue weighted by Crippen LogP contribution is -2.59. The highest BCUT2D eigenvalue weighted by molar-refractivity contribution is 5.70. The normalized spacial score (nSPS) is 20.8. The quantitative estimate of drug-likeness (QED) is 0.716. The second-order valence-corrected chi connectivity index (χ2v) is 5.29. The first-order valence-electron chi connectivity index (χ1n) is 5.92. The molecule has 3 N–H and O–H groups in total. The summed E-state index contributed by atoms with van der Waals surface area (Å²) in [7, 11) is 0. The van der Waals surface area contributed by atoms with Crippen LogP contribution in [0.25, 0.3) is 0 Å². The number of nitrogens with two attached hydrogens (primary N) is 1. The van der Waals surface area contributed by atoms with Gasteiger partial charge in [-0.2, -0.15) is 0 Å². The lowest BCUT2D eigenvalue weighted by Gasteiger charge is -2.40. The molecule has 0 radical (unpaired) electrons. The maximum Gasteiger partial charge on any atom is 0.410 e. The van der Waals surface area contributed by atoms with Crippen molar-refractivity contribution >= 4 is 12.2 Å². The number of carbonyl (C=O) groups excluding carboxylic acids is 1. The third kappa shape index (κ3) is 3.76. The number of carboxylic acid groups (broad SMARTS) is 1. The summed E-state index contributed by atoms with van der Waals surface area (Å²) in [6.07, 6.45) is -1.43. The minimum absolute atomic E-state index is 0.211. The highest BCUT2D eigenvalue weighted by atomic mass is 16.6. The van der Waals surface area contributed by atoms with Gasteiger partial charge in [0.1, 0.15) is 5.60 Å². The fraction of sp³-hybridized carbons (Fsp3) is 0.818. The predicted molar refractivity (Wildman–Crippen MR) is 65.4 cm³/mol. The van der Waals surface area contributed by atoms with Gasteiger partial charge in [0.2, 0.25) is 0 Å². The Bertz CT molecular complexity index is 327. The van der Waals surface area contributed by atoms with E-state index in [1.165, 1.54) is 9.80 Å². The zero-order chi connectivity index (χ0) is 13.9. The molecular weight excluding hydrogens is 238 g/mol. The number of hydrogen-bond acceptors (Lipinski definition) is 4. The molecule has 1 saturated heterocycles. The van der Waals surface area contributed by atoms with Crippen molar-refractivity contribution in [2.75, 3.05) is 26.2 Å². The number of ether oxygens (including phenoxy) is 1. The molecule has 7 nitrogen and oxygen atoms in total. The van der Waals surface area contributed by atoms with E-state index in [0.717, 1.165) is 0 Å². The molecule has 0 aliphatic carbocycles. The summed E-state index contributed by atoms with van der Waals surface area (Å²) in [5.74, 6) is 0. The van der Waals surface area contributed by atoms with E-state index in [-0.39, 0.29) is 25.7 Å². The highest BCUT2D eigenvalue weighted by Gasteiger charge is 2.33. The SMILES string of the molecule is CC(C)(C)OC(=O)N1CCN(C(=O)O)C[C@H]1CN. The lowest BCUT2D eigenvalue weighted by molar-refractivity contribution is 0.00122. The van der Waals surface area contributed by atoms with Crippen LogP contribution >= 0.6 is 0 Å². The molecule has 7 heteroatoms. The molecule has 1 rings (SSSR count). The molecule has 18 heavy (non-hydrogen) atoms. The molecule has 1 atom stereocenters. The first-order chi connectivity index (χ1) is 8.24. The minimum atomic E-state index is -0.989. The van der Waals surface area contributed by atoms with E-state index in [1.807, 2.05) is 0 Å². The number of piperazine rings is 1. The summed E-state index contributed by atoms with van der Waals surface area (Å²) in [6, 6.07) is -0.329. The summed E-state index contributed by atoms with van der Waals surface area (Å²) in [5.41, 5.74) is 5.02. The van der Waals surface area contributed by atoms with E-state index < -0.39 is 17.8 Å². The van der Waals surface area contributed by atoms with Crippen LogP contribution in [-0.2, 0) is 4.74 Å². The van der Waals surface area contributed by atoms with E-state index in [4.69, 9.17) is 15.6 Å². The first-order valence-corrected chi connectivity index (χ1v) is 5.92. The van der Waals surface area contributed by atoms with Crippen LogP contribution in [0.5, 0.6) is 0 Å². The van der Waals surface area contributed by atoms with Crippen LogP contribution in [0, 0.1) is 0 Å². The van der Waals surface area contributed by atoms with Crippen LogP contribution in [0.4, 0.5) is 9.59 Å². The Labute approximate surface area is 106 Å². The van der Waals surface area contributed by atoms with E-state index in [1.54, 1.807) is 20.8 Å². The van der Waals surface area contributed by atoms with Gasteiger partial charge >= 0.3 is 12.2 Å². The smallest absolute Gasteiger partial charge is 0.410 e. The van der Waals surface area contributed by atoms with Gasteiger partial charge in [-0.1, -0.05) is 0 Å². The maximum atomic E-state index is 11.9. The molecule has 0 saturated carbocycles. The molecule has 0 bridgehead atoms. The zero-order valence-corrected chi connectivity index (χ0v) is 11.0. The average molecular weight is 259 g/mol. The Morgan fingerprint density at radius 2 is 2.00 bits per heavy atom. The van der Waals surface area contributed by atoms with Gasteiger partial charge < -0.3 is 25.4 Å². The second kappa shape index (κ2) is 5.43. The van der Waals surface area contributed by atoms with Crippen LogP contribution in [0.15, 0.2) is 0 Å². The van der Waals surface area contributed by atoms with E-state index in [9.17, 15) is 9.59 Å². The molecule has 0 unspecified atom stereocenters. The largest absolute Gasteiger partial charge is 0.465 e. The zero-order valence-electron chi connectivity index (χ0n) is 11.0. The number of nitrogens with zero attached hydrogens (tertiary/aromatic N) is 2. The van der Waals surface area contributed by atoms with Crippen molar-refractivity contribution in [2.45, 2.75) is 32.4 Å². The molecule has 1 fully saturated rings. The van der Waals surface area contributed by atoms with Crippen molar-refractivity contribution < 1.29 is 19.4 Å². The van der Waals surface area contributed by atoms with Crippen molar-refractivity contribution in [2.24, 2.45) is 5.73 Å². The topological polar surface area (TPSA) is 96.1 Å². The fourth-order valence-electron chi connectivity index (χ4n) is 1.79. The van der Waals surface area contributed by atoms with Crippen molar-refractivity contribution in [3.8, 4) is 0 Å². The van der Waals surface area contributed by atoms with Gasteiger partial charge in [-0.3, -0.25) is 0 Å². The Morgan fingerprint density at radius 3 is 2.44 bits per heavy atom. The first kappa shape index (κ1) is 14.6. The standard InChI is InChI=1S/C11H21N3O4/c1-11(2,3)18-10(17)14-5-4-13(9(15)16)7-8(14)6-12/h8H,4-7,12H2,1-3H3,(H,15,16)/t8-/m1/s1. The van der Waals surface area contributed by atoms with Crippen LogP contribution in [0.1, 0.15) is 20.8 Å². The summed E-state index contributed by atoms with van der Waals surface area (Å²) in [5, 5.41) is 8.91. The van der Waals surface area contributed by atoms with Gasteiger partial charge in [-0.25, -0.2) is 9.59 Å². The monoisotopic (exact) mass is 259 g/mol. The Kier molecular flexibility index (Phi) is 4.39. The third-order valence-corrected chi connectivity index (χ3v) is 2.65. The van der Waals surface area contributed by atoms with Crippen LogP contribution < -0.4 is 5.73 Å². The number of amides is 2. The van der Waals surface area contributed by atoms with Crippen molar-refractivity contribution in [3.05, 3.63) is 0 Å². The molecule has 0 aromatic heterocycles. The van der Waals surface area contributed by atoms with Crippen LogP contribution in [0.3, 0.4) is 0 Å². The van der Waals surface area contributed by atoms with E-state index in [2.05, 4.69) is 0 Å². The third-order valence-electron chi connectivity index (χ3n) is 2.65. The van der Waals surface area contributed by atoms with Crippen molar-refractivity contribution in [1.82, 2.24) is 9.80 Å². The second-order valence-electron chi connectivity index (χ2n) is 5.29. The van der Waals surface area contributed by atoms with Crippen molar-refractivity contribution in [1.29, 1.82) is 0 Å². The van der Waals surface area contributed by atoms with Crippen LogP contribution in [0.2, 0.25) is 0 Å². The van der Waals surface area contributed by atoms with E-state index in [0.29, 0.717) is 6.54 Å². The average Bonchev–Trinajstić information content (AvgIpc) is 2.25. The minimum Gasteiger partial charge on any atom is -0.465 e. The van der Waals surface area contributed by atoms with Gasteiger partial charge in [-0.15, -0.1) is 0 Å². The number of hydrogen-bond donors (Lipinski definition) is 2. The molecule has 1 aliphatic rings. The molecule has 1 aliphatic heterocycles. The summed E-state index contributed by atoms with van der Waals surface area (Å²) in [6.45, 7) is 6.39. The lowest BCUT2D eigenvalue weighted by atomic mass is 10.1. The molecule has 0 spiro atoms. The summed E-state index contributed by atoms with van der Waals surface area (Å²) >= 11 is 0. The molecule has 0 aromatic rings. The van der Waals surface area contributed by atoms with Crippen molar-refractivity contribution in [3.63, 3.8) is 0 Å². The van der Waals surface area contributed by atoms with E-state index >= 15 is 0 Å². The predicted octanol–water partition coefficient (Wildman–Crippen LogP) is 0.544. The summed E-state index contributed by atoms with van der Waals surface area (Å²) < 4.78 is 5.27. The molecule has 104 valence electrons. The fourth-order valence-corrected chi connectivity index (χ4v) is 1.79. The number of carbonyl (C=O) groups is 2. The van der Waals surface area contributed by atoms with Gasteiger partial charge in [0.25, 0.3) is 0 Å². The van der Waals surface area contributed by atoms with Gasteiger partial charge in [0.05, 0.1) is 6.04 Å². The van der Waals surface area contributed by atoms with Gasteiger partial charge in [0, 0.05) is 26.2 Å². The number of rotatable bonds is 1. The maximum absolute atomic E-state index is 11.9. The van der Waals surface area contributed by atoms with Crippen LogP contribution in [-0.4, -0.2) is 64.9 Å². The molecule has 2 amide bonds. The highest BCUT2D eigenvalue weighted by Crippen LogP contribution is 2.15. The molecule has 1 heterocycles. The summed E-state index contributed by atoms with van der Waals surface area (Å²) in [4.78, 5) is 25.6. The Morgan fingerprint density at radius 1 is 1.39 bits per heavy atom. The Balaban J connectivity index is 2.67. The van der Waals surface area contributed by atoms with Gasteiger partial charge in [0.15, 0.2) is 0 Å². The Hall–Kier alpha value is -1.50. The van der Waals surface area contributed by atoms with Gasteiger partial charge in [-0.05, 0) is 20.8 Å². The molecular formula is C11H21N3O4.